The molecule has 1 fully saturated rings. The summed E-state index contributed by atoms with van der Waals surface area (Å²) >= 11 is 1.61. The number of methoxy groups -OCH3 is 1. The highest BCUT2D eigenvalue weighted by molar-refractivity contribution is 7.99. The second-order valence-corrected chi connectivity index (χ2v) is 5.43. The third kappa shape index (κ3) is 3.44. The third-order valence-electron chi connectivity index (χ3n) is 3.12. The van der Waals surface area contributed by atoms with Gasteiger partial charge < -0.3 is 4.74 Å². The summed E-state index contributed by atoms with van der Waals surface area (Å²) < 4.78 is 6.54. The van der Waals surface area contributed by atoms with Crippen molar-refractivity contribution in [1.29, 1.82) is 0 Å². The molecule has 18 heavy (non-hydrogen) atoms. The monoisotopic (exact) mass is 270 g/mol. The van der Waals surface area contributed by atoms with Gasteiger partial charge in [-0.05, 0) is 29.7 Å². The summed E-state index contributed by atoms with van der Waals surface area (Å²) in [5, 5.41) is 12.7. The Hall–Kier alpha value is -1.11. The Bertz CT molecular complexity index is 390. The van der Waals surface area contributed by atoms with Crippen molar-refractivity contribution in [3.8, 4) is 0 Å². The minimum atomic E-state index is -0.161. The lowest BCUT2D eigenvalue weighted by Gasteiger charge is -2.10. The molecule has 100 valence electrons. The van der Waals surface area contributed by atoms with Crippen molar-refractivity contribution in [2.45, 2.75) is 49.7 Å². The molecule has 1 aliphatic rings. The van der Waals surface area contributed by atoms with Gasteiger partial charge in [0, 0.05) is 12.2 Å². The van der Waals surface area contributed by atoms with Crippen LogP contribution in [-0.4, -0.2) is 39.0 Å². The summed E-state index contributed by atoms with van der Waals surface area (Å²) in [4.78, 5) is 11.0. The number of aromatic nitrogens is 4. The fourth-order valence-electron chi connectivity index (χ4n) is 2.14. The van der Waals surface area contributed by atoms with Gasteiger partial charge in [-0.15, -0.1) is 5.10 Å². The number of rotatable bonds is 6. The Morgan fingerprint density at radius 1 is 1.50 bits per heavy atom. The van der Waals surface area contributed by atoms with Gasteiger partial charge in [0.25, 0.3) is 0 Å². The number of nitrogens with zero attached hydrogens (tertiary/aromatic N) is 4. The van der Waals surface area contributed by atoms with Crippen LogP contribution in [0.3, 0.4) is 0 Å². The second kappa shape index (κ2) is 6.72. The van der Waals surface area contributed by atoms with Gasteiger partial charge in [0.2, 0.25) is 5.16 Å². The van der Waals surface area contributed by atoms with E-state index in [0.29, 0.717) is 12.5 Å². The summed E-state index contributed by atoms with van der Waals surface area (Å²) in [7, 11) is 1.41. The molecule has 0 amide bonds. The summed E-state index contributed by atoms with van der Waals surface area (Å²) in [6.07, 6.45) is 6.10. The van der Waals surface area contributed by atoms with Crippen molar-refractivity contribution < 1.29 is 9.53 Å². The predicted molar refractivity (Wildman–Crippen MR) is 67.3 cm³/mol. The smallest absolute Gasteiger partial charge is 0.305 e. The number of ether oxygens (including phenoxy) is 1. The Balaban J connectivity index is 1.79. The Morgan fingerprint density at radius 2 is 2.28 bits per heavy atom. The van der Waals surface area contributed by atoms with Gasteiger partial charge in [-0.2, -0.15) is 0 Å². The first-order valence-corrected chi connectivity index (χ1v) is 7.27. The summed E-state index contributed by atoms with van der Waals surface area (Å²) in [5.41, 5.74) is 0. The van der Waals surface area contributed by atoms with Crippen LogP contribution in [0.4, 0.5) is 0 Å². The van der Waals surface area contributed by atoms with Crippen LogP contribution in [0.5, 0.6) is 0 Å². The van der Waals surface area contributed by atoms with Gasteiger partial charge >= 0.3 is 5.97 Å². The minimum Gasteiger partial charge on any atom is -0.469 e. The first kappa shape index (κ1) is 13.3. The highest BCUT2D eigenvalue weighted by Crippen LogP contribution is 2.31. The van der Waals surface area contributed by atoms with Gasteiger partial charge in [0.1, 0.15) is 0 Å². The predicted octanol–water partition coefficient (Wildman–Crippen LogP) is 1.83. The molecule has 7 heteroatoms. The van der Waals surface area contributed by atoms with E-state index in [0.717, 1.165) is 17.3 Å². The van der Waals surface area contributed by atoms with E-state index in [4.69, 9.17) is 0 Å². The van der Waals surface area contributed by atoms with Crippen LogP contribution in [0, 0.1) is 0 Å². The van der Waals surface area contributed by atoms with E-state index >= 15 is 0 Å². The zero-order valence-corrected chi connectivity index (χ0v) is 11.4. The quantitative estimate of drug-likeness (QED) is 0.446. The minimum absolute atomic E-state index is 0.161. The number of tetrazole rings is 1. The van der Waals surface area contributed by atoms with E-state index in [1.54, 1.807) is 11.8 Å². The number of carbonyl (C=O) groups is 1. The Labute approximate surface area is 110 Å². The molecule has 1 aromatic heterocycles. The van der Waals surface area contributed by atoms with Crippen LogP contribution in [-0.2, 0) is 9.53 Å². The molecular weight excluding hydrogens is 252 g/mol. The van der Waals surface area contributed by atoms with E-state index in [1.807, 2.05) is 4.68 Å². The highest BCUT2D eigenvalue weighted by Gasteiger charge is 2.21. The zero-order valence-electron chi connectivity index (χ0n) is 10.5. The molecule has 0 spiro atoms. The number of esters is 1. The summed E-state index contributed by atoms with van der Waals surface area (Å²) in [5.74, 6) is 0.674. The highest BCUT2D eigenvalue weighted by atomic mass is 32.2. The van der Waals surface area contributed by atoms with E-state index in [1.165, 1.54) is 32.8 Å². The molecule has 1 saturated carbocycles. The molecule has 1 aromatic rings. The Kier molecular flexibility index (Phi) is 4.98. The largest absolute Gasteiger partial charge is 0.469 e. The van der Waals surface area contributed by atoms with Crippen molar-refractivity contribution in [2.24, 2.45) is 0 Å². The average molecular weight is 270 g/mol. The van der Waals surface area contributed by atoms with Crippen LogP contribution in [0.2, 0.25) is 0 Å². The van der Waals surface area contributed by atoms with Gasteiger partial charge in [-0.3, -0.25) is 4.79 Å². The molecule has 2 rings (SSSR count). The molecule has 0 radical (unpaired) electrons. The van der Waals surface area contributed by atoms with E-state index in [9.17, 15) is 4.79 Å². The molecule has 0 atom stereocenters. The van der Waals surface area contributed by atoms with Crippen molar-refractivity contribution in [1.82, 2.24) is 20.2 Å². The number of hydrogen-bond acceptors (Lipinski definition) is 6. The summed E-state index contributed by atoms with van der Waals surface area (Å²) in [6, 6.07) is 0.461. The molecular formula is C11H18N4O2S. The first-order valence-electron chi connectivity index (χ1n) is 6.28. The molecule has 6 nitrogen and oxygen atoms in total. The maximum absolute atomic E-state index is 11.0. The normalized spacial score (nSPS) is 16.1. The number of thioether (sulfide) groups is 1. The fourth-order valence-corrected chi connectivity index (χ4v) is 3.02. The van der Waals surface area contributed by atoms with Crippen molar-refractivity contribution >= 4 is 17.7 Å². The average Bonchev–Trinajstić information content (AvgIpc) is 3.04. The maximum Gasteiger partial charge on any atom is 0.305 e. The molecule has 0 aliphatic heterocycles. The van der Waals surface area contributed by atoms with Crippen LogP contribution in [0.15, 0.2) is 5.16 Å². The van der Waals surface area contributed by atoms with Crippen molar-refractivity contribution in [3.63, 3.8) is 0 Å². The lowest BCUT2D eigenvalue weighted by Crippen LogP contribution is -2.08. The number of hydrogen-bond donors (Lipinski definition) is 0. The molecule has 0 unspecified atom stereocenters. The first-order chi connectivity index (χ1) is 8.81. The zero-order chi connectivity index (χ0) is 12.8. The van der Waals surface area contributed by atoms with E-state index in [2.05, 4.69) is 20.3 Å². The van der Waals surface area contributed by atoms with Crippen molar-refractivity contribution in [2.75, 3.05) is 12.9 Å². The van der Waals surface area contributed by atoms with Crippen molar-refractivity contribution in [3.05, 3.63) is 0 Å². The van der Waals surface area contributed by atoms with Gasteiger partial charge in [-0.25, -0.2) is 4.68 Å². The Morgan fingerprint density at radius 3 is 3.00 bits per heavy atom. The molecule has 1 aliphatic carbocycles. The lowest BCUT2D eigenvalue weighted by molar-refractivity contribution is -0.140. The molecule has 0 N–H and O–H groups in total. The van der Waals surface area contributed by atoms with Gasteiger partial charge in [0.05, 0.1) is 13.2 Å². The third-order valence-corrected chi connectivity index (χ3v) is 4.14. The van der Waals surface area contributed by atoms with Crippen LogP contribution in [0.25, 0.3) is 0 Å². The van der Waals surface area contributed by atoms with E-state index < -0.39 is 0 Å². The van der Waals surface area contributed by atoms with E-state index in [-0.39, 0.29) is 5.97 Å². The second-order valence-electron chi connectivity index (χ2n) is 4.37. The van der Waals surface area contributed by atoms with Gasteiger partial charge in [-0.1, -0.05) is 24.6 Å². The van der Waals surface area contributed by atoms with Crippen LogP contribution < -0.4 is 0 Å². The summed E-state index contributed by atoms with van der Waals surface area (Å²) in [6.45, 7) is 0. The fraction of sp³-hybridized carbons (Fsp3) is 0.818. The molecule has 0 saturated heterocycles. The van der Waals surface area contributed by atoms with Gasteiger partial charge in [0.15, 0.2) is 0 Å². The topological polar surface area (TPSA) is 69.9 Å². The number of carbonyl (C=O) groups excluding carboxylic acids is 1. The maximum atomic E-state index is 11.0. The standard InChI is InChI=1S/C11H18N4O2S/c1-17-10(16)7-4-8-18-11-12-13-14-15(11)9-5-2-3-6-9/h9H,2-8H2,1H3. The molecule has 1 heterocycles. The SMILES string of the molecule is COC(=O)CCCSc1nnnn1C1CCCC1. The van der Waals surface area contributed by atoms with Crippen LogP contribution in [0.1, 0.15) is 44.6 Å². The van der Waals surface area contributed by atoms with Crippen LogP contribution >= 0.6 is 11.8 Å². The molecule has 0 aromatic carbocycles. The lowest BCUT2D eigenvalue weighted by atomic mass is 10.3. The molecule has 0 bridgehead atoms.